The van der Waals surface area contributed by atoms with Crippen LogP contribution in [-0.2, 0) is 9.05 Å². The zero-order chi connectivity index (χ0) is 13.5. The van der Waals surface area contributed by atoms with Gasteiger partial charge >= 0.3 is 0 Å². The zero-order valence-electron chi connectivity index (χ0n) is 8.72. The van der Waals surface area contributed by atoms with Crippen LogP contribution < -0.4 is 5.73 Å². The lowest BCUT2D eigenvalue weighted by molar-refractivity contribution is 0.100. The summed E-state index contributed by atoms with van der Waals surface area (Å²) in [6.45, 7) is 0. The molecular formula is C10H6Cl2N2O3S. The summed E-state index contributed by atoms with van der Waals surface area (Å²) in [5.74, 6) is -0.742. The van der Waals surface area contributed by atoms with Crippen LogP contribution in [0.1, 0.15) is 10.4 Å². The number of rotatable bonds is 2. The lowest BCUT2D eigenvalue weighted by Gasteiger charge is -2.05. The minimum absolute atomic E-state index is 0.0216. The van der Waals surface area contributed by atoms with E-state index in [1.165, 1.54) is 24.4 Å². The summed E-state index contributed by atoms with van der Waals surface area (Å²) in [7, 11) is 1.36. The summed E-state index contributed by atoms with van der Waals surface area (Å²) in [5, 5.41) is 0.351. The van der Waals surface area contributed by atoms with E-state index < -0.39 is 15.0 Å². The average molecular weight is 305 g/mol. The van der Waals surface area contributed by atoms with Crippen molar-refractivity contribution in [2.24, 2.45) is 5.73 Å². The van der Waals surface area contributed by atoms with Crippen molar-refractivity contribution < 1.29 is 13.2 Å². The fraction of sp³-hybridized carbons (Fsp3) is 0. The SMILES string of the molecule is NC(=O)c1cnc2ccc(S(=O)(=O)Cl)cc2c1Cl. The lowest BCUT2D eigenvalue weighted by atomic mass is 10.1. The van der Waals surface area contributed by atoms with E-state index in [0.717, 1.165) is 0 Å². The summed E-state index contributed by atoms with van der Waals surface area (Å²) in [5.41, 5.74) is 5.58. The molecule has 5 nitrogen and oxygen atoms in total. The third-order valence-corrected chi connectivity index (χ3v) is 4.08. The lowest BCUT2D eigenvalue weighted by Crippen LogP contribution is -2.12. The summed E-state index contributed by atoms with van der Waals surface area (Å²) in [6.07, 6.45) is 1.24. The molecule has 0 saturated carbocycles. The number of nitrogens with two attached hydrogens (primary N) is 1. The smallest absolute Gasteiger partial charge is 0.261 e. The van der Waals surface area contributed by atoms with Gasteiger partial charge in [-0.3, -0.25) is 9.78 Å². The first-order valence-corrected chi connectivity index (χ1v) is 7.32. The molecule has 94 valence electrons. The molecule has 0 fully saturated rings. The number of nitrogens with zero attached hydrogens (tertiary/aromatic N) is 1. The van der Waals surface area contributed by atoms with Crippen LogP contribution in [0.25, 0.3) is 10.9 Å². The molecule has 18 heavy (non-hydrogen) atoms. The molecule has 1 aromatic heterocycles. The quantitative estimate of drug-likeness (QED) is 0.858. The topological polar surface area (TPSA) is 90.1 Å². The van der Waals surface area contributed by atoms with Crippen LogP contribution in [0, 0.1) is 0 Å². The van der Waals surface area contributed by atoms with Crippen LogP contribution in [0.15, 0.2) is 29.3 Å². The summed E-state index contributed by atoms with van der Waals surface area (Å²) in [4.78, 5) is 14.9. The zero-order valence-corrected chi connectivity index (χ0v) is 11.1. The summed E-state index contributed by atoms with van der Waals surface area (Å²) < 4.78 is 22.4. The van der Waals surface area contributed by atoms with Crippen LogP contribution in [0.3, 0.4) is 0 Å². The van der Waals surface area contributed by atoms with Gasteiger partial charge in [-0.25, -0.2) is 8.42 Å². The Hall–Kier alpha value is -1.37. The van der Waals surface area contributed by atoms with Crippen molar-refractivity contribution in [3.05, 3.63) is 35.0 Å². The van der Waals surface area contributed by atoms with E-state index in [1.807, 2.05) is 0 Å². The van der Waals surface area contributed by atoms with Crippen LogP contribution >= 0.6 is 22.3 Å². The van der Waals surface area contributed by atoms with E-state index in [-0.39, 0.29) is 15.5 Å². The second-order valence-corrected chi connectivity index (χ2v) is 6.41. The van der Waals surface area contributed by atoms with Crippen LogP contribution in [0.2, 0.25) is 5.02 Å². The predicted octanol–water partition coefficient (Wildman–Crippen LogP) is 1.91. The van der Waals surface area contributed by atoms with Gasteiger partial charge in [-0.05, 0) is 18.2 Å². The molecule has 1 heterocycles. The number of halogens is 2. The van der Waals surface area contributed by atoms with Gasteiger partial charge in [-0.1, -0.05) is 11.6 Å². The monoisotopic (exact) mass is 304 g/mol. The number of hydrogen-bond donors (Lipinski definition) is 1. The molecule has 0 bridgehead atoms. The molecule has 0 aliphatic carbocycles. The van der Waals surface area contributed by atoms with Crippen molar-refractivity contribution in [1.29, 1.82) is 0 Å². The Labute approximate surface area is 112 Å². The highest BCUT2D eigenvalue weighted by Gasteiger charge is 2.15. The molecule has 2 N–H and O–H groups in total. The van der Waals surface area contributed by atoms with E-state index in [9.17, 15) is 13.2 Å². The molecule has 0 spiro atoms. The molecule has 1 amide bonds. The first kappa shape index (κ1) is 13.1. The van der Waals surface area contributed by atoms with Crippen LogP contribution in [0.5, 0.6) is 0 Å². The number of hydrogen-bond acceptors (Lipinski definition) is 4. The minimum Gasteiger partial charge on any atom is -0.366 e. The highest BCUT2D eigenvalue weighted by Crippen LogP contribution is 2.28. The number of carbonyl (C=O) groups is 1. The molecule has 0 aliphatic rings. The maximum atomic E-state index is 11.2. The molecule has 0 saturated heterocycles. The standard InChI is InChI=1S/C10H6Cl2N2O3S/c11-9-6-3-5(18(12,16)17)1-2-8(6)14-4-7(9)10(13)15/h1-4H,(H2,13,15). The van der Waals surface area contributed by atoms with Gasteiger partial charge in [0.15, 0.2) is 0 Å². The van der Waals surface area contributed by atoms with Gasteiger partial charge in [0.2, 0.25) is 0 Å². The highest BCUT2D eigenvalue weighted by molar-refractivity contribution is 8.13. The van der Waals surface area contributed by atoms with E-state index in [4.69, 9.17) is 28.0 Å². The third-order valence-electron chi connectivity index (χ3n) is 2.32. The second kappa shape index (κ2) is 4.38. The Kier molecular flexibility index (Phi) is 3.18. The molecule has 2 rings (SSSR count). The summed E-state index contributed by atoms with van der Waals surface area (Å²) >= 11 is 5.98. The first-order chi connectivity index (χ1) is 8.30. The number of carbonyl (C=O) groups excluding carboxylic acids is 1. The second-order valence-electron chi connectivity index (χ2n) is 3.47. The number of fused-ring (bicyclic) bond motifs is 1. The molecule has 1 aromatic carbocycles. The number of primary amides is 1. The van der Waals surface area contributed by atoms with Gasteiger partial charge in [-0.15, -0.1) is 0 Å². The minimum atomic E-state index is -3.87. The van der Waals surface area contributed by atoms with Gasteiger partial charge < -0.3 is 5.73 Å². The molecule has 0 unspecified atom stereocenters. The van der Waals surface area contributed by atoms with Gasteiger partial charge in [0, 0.05) is 22.3 Å². The molecular weight excluding hydrogens is 299 g/mol. The van der Waals surface area contributed by atoms with E-state index in [1.54, 1.807) is 0 Å². The number of amides is 1. The van der Waals surface area contributed by atoms with E-state index in [0.29, 0.717) is 10.9 Å². The fourth-order valence-electron chi connectivity index (χ4n) is 1.46. The van der Waals surface area contributed by atoms with Crippen molar-refractivity contribution in [1.82, 2.24) is 4.98 Å². The Balaban J connectivity index is 2.83. The number of benzene rings is 1. The third kappa shape index (κ3) is 2.27. The summed E-state index contributed by atoms with van der Waals surface area (Å²) in [6, 6.07) is 4.00. The first-order valence-electron chi connectivity index (χ1n) is 4.63. The van der Waals surface area contributed by atoms with Crippen LogP contribution in [0.4, 0.5) is 0 Å². The normalized spacial score (nSPS) is 11.7. The van der Waals surface area contributed by atoms with Crippen molar-refractivity contribution in [2.45, 2.75) is 4.90 Å². The molecule has 0 radical (unpaired) electrons. The van der Waals surface area contributed by atoms with Gasteiger partial charge in [0.05, 0.1) is 21.0 Å². The van der Waals surface area contributed by atoms with Crippen LogP contribution in [-0.4, -0.2) is 19.3 Å². The fourth-order valence-corrected chi connectivity index (χ4v) is 2.53. The largest absolute Gasteiger partial charge is 0.366 e. The maximum Gasteiger partial charge on any atom is 0.261 e. The Morgan fingerprint density at radius 1 is 1.33 bits per heavy atom. The highest BCUT2D eigenvalue weighted by atomic mass is 35.7. The van der Waals surface area contributed by atoms with Crippen molar-refractivity contribution >= 4 is 48.1 Å². The Morgan fingerprint density at radius 3 is 2.56 bits per heavy atom. The van der Waals surface area contributed by atoms with Gasteiger partial charge in [0.25, 0.3) is 15.0 Å². The van der Waals surface area contributed by atoms with E-state index >= 15 is 0 Å². The molecule has 8 heteroatoms. The van der Waals surface area contributed by atoms with E-state index in [2.05, 4.69) is 4.98 Å². The number of aromatic nitrogens is 1. The maximum absolute atomic E-state index is 11.2. The Bertz CT molecular complexity index is 759. The number of pyridine rings is 1. The average Bonchev–Trinajstić information content (AvgIpc) is 2.27. The molecule has 0 atom stereocenters. The Morgan fingerprint density at radius 2 is 2.00 bits per heavy atom. The van der Waals surface area contributed by atoms with Gasteiger partial charge in [-0.2, -0.15) is 0 Å². The molecule has 0 aliphatic heterocycles. The van der Waals surface area contributed by atoms with Crippen molar-refractivity contribution in [2.75, 3.05) is 0 Å². The van der Waals surface area contributed by atoms with Gasteiger partial charge in [0.1, 0.15) is 0 Å². The predicted molar refractivity (Wildman–Crippen MR) is 68.3 cm³/mol. The van der Waals surface area contributed by atoms with Crippen molar-refractivity contribution in [3.63, 3.8) is 0 Å². The molecule has 2 aromatic rings. The van der Waals surface area contributed by atoms with Crippen molar-refractivity contribution in [3.8, 4) is 0 Å².